The number of urea groups is 1. The first-order valence-electron chi connectivity index (χ1n) is 12.4. The van der Waals surface area contributed by atoms with Crippen molar-refractivity contribution in [2.75, 3.05) is 11.5 Å². The number of carbonyl (C=O) groups excluding carboxylic acids is 3. The highest BCUT2D eigenvalue weighted by Gasteiger charge is 2.37. The Bertz CT molecular complexity index is 1640. The van der Waals surface area contributed by atoms with E-state index in [2.05, 4.69) is 39.4 Å². The summed E-state index contributed by atoms with van der Waals surface area (Å²) >= 11 is 3.57. The molecule has 4 aromatic rings. The van der Waals surface area contributed by atoms with E-state index in [1.807, 2.05) is 44.2 Å². The summed E-state index contributed by atoms with van der Waals surface area (Å²) in [6.07, 6.45) is 1.44. The number of hydrogen-bond donors (Lipinski definition) is 1. The van der Waals surface area contributed by atoms with Crippen LogP contribution >= 0.6 is 15.9 Å². The van der Waals surface area contributed by atoms with Crippen LogP contribution in [0, 0.1) is 6.92 Å². The van der Waals surface area contributed by atoms with Crippen LogP contribution < -0.4 is 19.7 Å². The SMILES string of the molecule is CCOc1cc(/C=C2\C(=O)NC(=O)N(c3cccc(C)c3)C2=O)cc(Br)c1OCc1cccc2ccccc12. The topological polar surface area (TPSA) is 84.9 Å². The second kappa shape index (κ2) is 11.1. The molecule has 196 valence electrons. The molecule has 1 aliphatic heterocycles. The number of nitrogens with one attached hydrogen (secondary N) is 1. The van der Waals surface area contributed by atoms with Crippen LogP contribution in [0.15, 0.2) is 88.9 Å². The quantitative estimate of drug-likeness (QED) is 0.196. The first-order chi connectivity index (χ1) is 18.9. The Labute approximate surface area is 234 Å². The molecule has 0 saturated carbocycles. The van der Waals surface area contributed by atoms with Crippen molar-refractivity contribution in [1.82, 2.24) is 5.32 Å². The number of rotatable bonds is 7. The van der Waals surface area contributed by atoms with Crippen molar-refractivity contribution in [1.29, 1.82) is 0 Å². The molecule has 8 heteroatoms. The number of anilines is 1. The highest BCUT2D eigenvalue weighted by atomic mass is 79.9. The van der Waals surface area contributed by atoms with Gasteiger partial charge in [0.05, 0.1) is 16.8 Å². The third-order valence-electron chi connectivity index (χ3n) is 6.26. The summed E-state index contributed by atoms with van der Waals surface area (Å²) in [5.41, 5.74) is 2.64. The maximum atomic E-state index is 13.3. The number of hydrogen-bond acceptors (Lipinski definition) is 5. The third kappa shape index (κ3) is 5.42. The van der Waals surface area contributed by atoms with Crippen LogP contribution in [0.5, 0.6) is 11.5 Å². The molecule has 1 N–H and O–H groups in total. The molecular weight excluding hydrogens is 560 g/mol. The number of nitrogens with zero attached hydrogens (tertiary/aromatic N) is 1. The zero-order valence-corrected chi connectivity index (χ0v) is 22.9. The first kappa shape index (κ1) is 26.2. The lowest BCUT2D eigenvalue weighted by molar-refractivity contribution is -0.122. The molecule has 1 aliphatic rings. The number of halogens is 1. The van der Waals surface area contributed by atoms with Crippen molar-refractivity contribution in [2.24, 2.45) is 0 Å². The van der Waals surface area contributed by atoms with Gasteiger partial charge in [-0.1, -0.05) is 54.6 Å². The molecule has 0 atom stereocenters. The van der Waals surface area contributed by atoms with Crippen LogP contribution in [0.4, 0.5) is 10.5 Å². The van der Waals surface area contributed by atoms with Crippen LogP contribution in [0.1, 0.15) is 23.6 Å². The van der Waals surface area contributed by atoms with Gasteiger partial charge in [-0.15, -0.1) is 0 Å². The summed E-state index contributed by atoms with van der Waals surface area (Å²) in [6, 6.07) is 23.8. The molecule has 4 aromatic carbocycles. The average molecular weight is 585 g/mol. The normalized spacial score (nSPS) is 14.6. The van der Waals surface area contributed by atoms with E-state index in [9.17, 15) is 14.4 Å². The van der Waals surface area contributed by atoms with E-state index in [0.717, 1.165) is 26.8 Å². The molecule has 0 spiro atoms. The van der Waals surface area contributed by atoms with Gasteiger partial charge in [-0.3, -0.25) is 14.9 Å². The Morgan fingerprint density at radius 3 is 2.49 bits per heavy atom. The largest absolute Gasteiger partial charge is 0.490 e. The van der Waals surface area contributed by atoms with E-state index in [1.54, 1.807) is 30.3 Å². The fourth-order valence-electron chi connectivity index (χ4n) is 4.47. The predicted octanol–water partition coefficient (Wildman–Crippen LogP) is 6.55. The molecule has 0 unspecified atom stereocenters. The van der Waals surface area contributed by atoms with E-state index in [1.165, 1.54) is 6.08 Å². The zero-order chi connectivity index (χ0) is 27.5. The van der Waals surface area contributed by atoms with Gasteiger partial charge in [-0.05, 0) is 87.6 Å². The smallest absolute Gasteiger partial charge is 0.335 e. The predicted molar refractivity (Wildman–Crippen MR) is 154 cm³/mol. The number of imide groups is 2. The monoisotopic (exact) mass is 584 g/mol. The Morgan fingerprint density at radius 2 is 1.69 bits per heavy atom. The molecule has 5 rings (SSSR count). The molecule has 0 radical (unpaired) electrons. The second-order valence-corrected chi connectivity index (χ2v) is 9.84. The van der Waals surface area contributed by atoms with Crippen LogP contribution in [-0.4, -0.2) is 24.5 Å². The lowest BCUT2D eigenvalue weighted by Crippen LogP contribution is -2.54. The fourth-order valence-corrected chi connectivity index (χ4v) is 5.04. The minimum absolute atomic E-state index is 0.171. The average Bonchev–Trinajstić information content (AvgIpc) is 2.91. The van der Waals surface area contributed by atoms with E-state index in [0.29, 0.717) is 40.4 Å². The fraction of sp³-hybridized carbons (Fsp3) is 0.129. The van der Waals surface area contributed by atoms with E-state index < -0.39 is 17.8 Å². The number of ether oxygens (including phenoxy) is 2. The maximum Gasteiger partial charge on any atom is 0.335 e. The minimum atomic E-state index is -0.791. The van der Waals surface area contributed by atoms with Gasteiger partial charge in [0.2, 0.25) is 0 Å². The van der Waals surface area contributed by atoms with Crippen LogP contribution in [0.25, 0.3) is 16.8 Å². The molecule has 0 bridgehead atoms. The van der Waals surface area contributed by atoms with Gasteiger partial charge in [0.15, 0.2) is 11.5 Å². The maximum absolute atomic E-state index is 13.3. The summed E-state index contributed by atoms with van der Waals surface area (Å²) in [5, 5.41) is 4.48. The molecule has 1 saturated heterocycles. The summed E-state index contributed by atoms with van der Waals surface area (Å²) in [4.78, 5) is 39.5. The molecule has 0 aromatic heterocycles. The number of barbiturate groups is 1. The van der Waals surface area contributed by atoms with E-state index in [-0.39, 0.29) is 5.57 Å². The van der Waals surface area contributed by atoms with Gasteiger partial charge in [-0.25, -0.2) is 9.69 Å². The summed E-state index contributed by atoms with van der Waals surface area (Å²) in [5.74, 6) is -0.517. The zero-order valence-electron chi connectivity index (χ0n) is 21.4. The van der Waals surface area contributed by atoms with Gasteiger partial charge >= 0.3 is 6.03 Å². The number of benzene rings is 4. The highest BCUT2D eigenvalue weighted by Crippen LogP contribution is 2.38. The van der Waals surface area contributed by atoms with Gasteiger partial charge in [0.25, 0.3) is 11.8 Å². The molecule has 1 fully saturated rings. The Balaban J connectivity index is 1.47. The number of carbonyl (C=O) groups is 3. The Morgan fingerprint density at radius 1 is 0.923 bits per heavy atom. The van der Waals surface area contributed by atoms with E-state index in [4.69, 9.17) is 9.47 Å². The van der Waals surface area contributed by atoms with Gasteiger partial charge in [0.1, 0.15) is 12.2 Å². The van der Waals surface area contributed by atoms with E-state index >= 15 is 0 Å². The van der Waals surface area contributed by atoms with Crippen molar-refractivity contribution in [2.45, 2.75) is 20.5 Å². The highest BCUT2D eigenvalue weighted by molar-refractivity contribution is 9.10. The minimum Gasteiger partial charge on any atom is -0.490 e. The second-order valence-electron chi connectivity index (χ2n) is 8.99. The third-order valence-corrected chi connectivity index (χ3v) is 6.85. The van der Waals surface area contributed by atoms with Crippen molar-refractivity contribution < 1.29 is 23.9 Å². The summed E-state index contributed by atoms with van der Waals surface area (Å²) < 4.78 is 12.7. The number of fused-ring (bicyclic) bond motifs is 1. The number of aryl methyl sites for hydroxylation is 1. The van der Waals surface area contributed by atoms with Crippen molar-refractivity contribution in [3.63, 3.8) is 0 Å². The van der Waals surface area contributed by atoms with Crippen molar-refractivity contribution in [3.05, 3.63) is 106 Å². The molecule has 7 nitrogen and oxygen atoms in total. The lowest BCUT2D eigenvalue weighted by Gasteiger charge is -2.26. The van der Waals surface area contributed by atoms with Crippen LogP contribution in [0.3, 0.4) is 0 Å². The molecule has 1 heterocycles. The first-order valence-corrected chi connectivity index (χ1v) is 13.2. The Kier molecular flexibility index (Phi) is 7.47. The standard InChI is InChI=1S/C31H25BrN2O5/c1-3-38-27-17-20(15-25-29(35)33-31(37)34(30(25)36)23-12-6-8-19(2)14-23)16-26(32)28(27)39-18-22-11-7-10-21-9-4-5-13-24(21)22/h4-17H,3,18H2,1-2H3,(H,33,35,37)/b25-15+. The van der Waals surface area contributed by atoms with Crippen LogP contribution in [-0.2, 0) is 16.2 Å². The molecular formula is C31H25BrN2O5. The van der Waals surface area contributed by atoms with Gasteiger partial charge in [0, 0.05) is 0 Å². The van der Waals surface area contributed by atoms with Crippen molar-refractivity contribution in [3.8, 4) is 11.5 Å². The summed E-state index contributed by atoms with van der Waals surface area (Å²) in [7, 11) is 0. The molecule has 4 amide bonds. The number of amides is 4. The molecule has 39 heavy (non-hydrogen) atoms. The Hall–Kier alpha value is -4.43. The van der Waals surface area contributed by atoms with Crippen LogP contribution in [0.2, 0.25) is 0 Å². The summed E-state index contributed by atoms with van der Waals surface area (Å²) in [6.45, 7) is 4.41. The van der Waals surface area contributed by atoms with Gasteiger partial charge in [-0.2, -0.15) is 0 Å². The van der Waals surface area contributed by atoms with Gasteiger partial charge < -0.3 is 9.47 Å². The molecule has 0 aliphatic carbocycles. The van der Waals surface area contributed by atoms with Crippen molar-refractivity contribution >= 4 is 56.3 Å². The lowest BCUT2D eigenvalue weighted by atomic mass is 10.1.